The minimum Gasteiger partial charge on any atom is -0.374 e. The SMILES string of the molecule is CCCC(O)Nc1cncc(-c2ncc3[nH]nc(-c4nc5c(-c6ccsc6)ccnc5[nH]4)c3c2F)c1. The molecule has 6 rings (SSSR count). The van der Waals surface area contributed by atoms with Gasteiger partial charge in [-0.25, -0.2) is 14.4 Å². The number of nitrogens with zero attached hydrogens (tertiary/aromatic N) is 5. The monoisotopic (exact) mass is 500 g/mol. The summed E-state index contributed by atoms with van der Waals surface area (Å²) in [4.78, 5) is 20.8. The largest absolute Gasteiger partial charge is 0.374 e. The predicted octanol–water partition coefficient (Wildman–Crippen LogP) is 5.36. The minimum atomic E-state index is -0.714. The van der Waals surface area contributed by atoms with Gasteiger partial charge < -0.3 is 15.4 Å². The Morgan fingerprint density at radius 1 is 1.14 bits per heavy atom. The quantitative estimate of drug-likeness (QED) is 0.217. The molecule has 1 atom stereocenters. The first-order valence-electron chi connectivity index (χ1n) is 11.4. The van der Waals surface area contributed by atoms with E-state index >= 15 is 4.39 Å². The second kappa shape index (κ2) is 9.10. The van der Waals surface area contributed by atoms with Crippen molar-refractivity contribution in [3.8, 4) is 33.9 Å². The molecule has 0 fully saturated rings. The standard InChI is InChI=1S/C25H21FN8OS/c1-2-3-18(35)30-15-8-14(9-27-10-15)21-20(26)19-17(11-29-21)33-34-23(19)25-31-22-16(13-5-7-36-12-13)4-6-28-24(22)32-25/h4-12,18,30,35H,2-3H2,1H3,(H,33,34)(H,28,31,32). The second-order valence-electron chi connectivity index (χ2n) is 8.35. The molecule has 0 aliphatic rings. The summed E-state index contributed by atoms with van der Waals surface area (Å²) in [5.41, 5.74) is 5.21. The van der Waals surface area contributed by atoms with E-state index in [-0.39, 0.29) is 11.1 Å². The number of aromatic amines is 2. The number of pyridine rings is 3. The Balaban J connectivity index is 1.44. The molecule has 36 heavy (non-hydrogen) atoms. The molecule has 6 aromatic rings. The lowest BCUT2D eigenvalue weighted by molar-refractivity contribution is 0.192. The third kappa shape index (κ3) is 3.88. The summed E-state index contributed by atoms with van der Waals surface area (Å²) in [5, 5.41) is 24.6. The maximum Gasteiger partial charge on any atom is 0.161 e. The van der Waals surface area contributed by atoms with E-state index < -0.39 is 12.0 Å². The highest BCUT2D eigenvalue weighted by atomic mass is 32.1. The molecule has 0 aliphatic heterocycles. The van der Waals surface area contributed by atoms with Crippen LogP contribution in [0.2, 0.25) is 0 Å². The summed E-state index contributed by atoms with van der Waals surface area (Å²) >= 11 is 1.60. The third-order valence-corrected chi connectivity index (χ3v) is 6.58. The molecule has 0 spiro atoms. The second-order valence-corrected chi connectivity index (χ2v) is 9.13. The lowest BCUT2D eigenvalue weighted by Gasteiger charge is -2.13. The van der Waals surface area contributed by atoms with Crippen LogP contribution in [0, 0.1) is 5.82 Å². The molecule has 6 aromatic heterocycles. The number of imidazole rings is 1. The first-order valence-corrected chi connectivity index (χ1v) is 12.4. The zero-order valence-corrected chi connectivity index (χ0v) is 20.0. The smallest absolute Gasteiger partial charge is 0.161 e. The summed E-state index contributed by atoms with van der Waals surface area (Å²) in [6, 6.07) is 5.64. The van der Waals surface area contributed by atoms with Crippen molar-refractivity contribution in [2.45, 2.75) is 26.0 Å². The molecule has 180 valence electrons. The van der Waals surface area contributed by atoms with Gasteiger partial charge in [-0.2, -0.15) is 16.4 Å². The van der Waals surface area contributed by atoms with Gasteiger partial charge in [0, 0.05) is 23.5 Å². The third-order valence-electron chi connectivity index (χ3n) is 5.89. The normalized spacial score (nSPS) is 12.4. The number of hydrogen-bond donors (Lipinski definition) is 4. The number of thiophene rings is 1. The number of aliphatic hydroxyl groups is 1. The van der Waals surface area contributed by atoms with E-state index in [1.807, 2.05) is 29.8 Å². The van der Waals surface area contributed by atoms with Gasteiger partial charge in [-0.15, -0.1) is 0 Å². The zero-order chi connectivity index (χ0) is 24.6. The van der Waals surface area contributed by atoms with Gasteiger partial charge in [0.15, 0.2) is 17.3 Å². The molecular weight excluding hydrogens is 479 g/mol. The predicted molar refractivity (Wildman–Crippen MR) is 138 cm³/mol. The molecule has 0 aliphatic carbocycles. The average molecular weight is 501 g/mol. The van der Waals surface area contributed by atoms with Gasteiger partial charge >= 0.3 is 0 Å². The topological polar surface area (TPSA) is 128 Å². The molecule has 0 amide bonds. The molecule has 0 saturated carbocycles. The van der Waals surface area contributed by atoms with Crippen LogP contribution in [0.3, 0.4) is 0 Å². The van der Waals surface area contributed by atoms with E-state index in [1.165, 1.54) is 12.4 Å². The molecular formula is C25H21FN8OS. The summed E-state index contributed by atoms with van der Waals surface area (Å²) in [6.45, 7) is 1.98. The minimum absolute atomic E-state index is 0.125. The first-order chi connectivity index (χ1) is 17.6. The lowest BCUT2D eigenvalue weighted by Crippen LogP contribution is -2.18. The number of rotatable bonds is 7. The van der Waals surface area contributed by atoms with E-state index in [9.17, 15) is 5.11 Å². The number of H-pyrrole nitrogens is 2. The van der Waals surface area contributed by atoms with Crippen molar-refractivity contribution in [3.05, 3.63) is 59.6 Å². The van der Waals surface area contributed by atoms with Crippen LogP contribution in [-0.2, 0) is 0 Å². The number of aromatic nitrogens is 7. The molecule has 0 saturated heterocycles. The van der Waals surface area contributed by atoms with Crippen molar-refractivity contribution in [2.24, 2.45) is 0 Å². The zero-order valence-electron chi connectivity index (χ0n) is 19.2. The fourth-order valence-electron chi connectivity index (χ4n) is 4.21. The lowest BCUT2D eigenvalue weighted by atomic mass is 10.1. The fourth-order valence-corrected chi connectivity index (χ4v) is 4.86. The maximum absolute atomic E-state index is 15.9. The highest BCUT2D eigenvalue weighted by Crippen LogP contribution is 2.34. The number of nitrogens with one attached hydrogen (secondary N) is 3. The van der Waals surface area contributed by atoms with Gasteiger partial charge in [0.1, 0.15) is 23.1 Å². The highest BCUT2D eigenvalue weighted by Gasteiger charge is 2.21. The molecule has 9 nitrogen and oxygen atoms in total. The number of halogens is 1. The van der Waals surface area contributed by atoms with Crippen LogP contribution in [0.1, 0.15) is 19.8 Å². The molecule has 11 heteroatoms. The maximum atomic E-state index is 15.9. The van der Waals surface area contributed by atoms with Crippen LogP contribution in [0.15, 0.2) is 53.7 Å². The Kier molecular flexibility index (Phi) is 5.62. The Hall–Kier alpha value is -4.22. The van der Waals surface area contributed by atoms with E-state index in [4.69, 9.17) is 4.98 Å². The van der Waals surface area contributed by atoms with E-state index in [0.29, 0.717) is 45.9 Å². The van der Waals surface area contributed by atoms with Crippen LogP contribution in [0.25, 0.3) is 56.0 Å². The van der Waals surface area contributed by atoms with Gasteiger partial charge in [0.2, 0.25) is 0 Å². The Morgan fingerprint density at radius 2 is 2.06 bits per heavy atom. The van der Waals surface area contributed by atoms with Crippen molar-refractivity contribution >= 4 is 39.1 Å². The van der Waals surface area contributed by atoms with E-state index in [1.54, 1.807) is 29.8 Å². The highest BCUT2D eigenvalue weighted by molar-refractivity contribution is 7.08. The molecule has 0 radical (unpaired) electrons. The van der Waals surface area contributed by atoms with Crippen molar-refractivity contribution < 1.29 is 9.50 Å². The number of hydrogen-bond acceptors (Lipinski definition) is 8. The number of anilines is 1. The molecule has 6 heterocycles. The van der Waals surface area contributed by atoms with Crippen LogP contribution >= 0.6 is 11.3 Å². The average Bonchev–Trinajstić information content (AvgIpc) is 3.63. The van der Waals surface area contributed by atoms with Crippen LogP contribution in [-0.4, -0.2) is 46.5 Å². The molecule has 0 aromatic carbocycles. The van der Waals surface area contributed by atoms with Crippen LogP contribution in [0.4, 0.5) is 10.1 Å². The fraction of sp³-hybridized carbons (Fsp3) is 0.160. The summed E-state index contributed by atoms with van der Waals surface area (Å²) < 4.78 is 15.9. The number of fused-ring (bicyclic) bond motifs is 2. The van der Waals surface area contributed by atoms with Gasteiger partial charge in [-0.3, -0.25) is 15.1 Å². The van der Waals surface area contributed by atoms with Gasteiger partial charge in [-0.05, 0) is 40.9 Å². The number of aliphatic hydroxyl groups excluding tert-OH is 1. The summed E-state index contributed by atoms with van der Waals surface area (Å²) in [5.74, 6) is -0.144. The van der Waals surface area contributed by atoms with Crippen LogP contribution in [0.5, 0.6) is 0 Å². The summed E-state index contributed by atoms with van der Waals surface area (Å²) in [7, 11) is 0. The summed E-state index contributed by atoms with van der Waals surface area (Å²) in [6.07, 6.45) is 7.06. The van der Waals surface area contributed by atoms with Crippen LogP contribution < -0.4 is 5.32 Å². The van der Waals surface area contributed by atoms with Gasteiger partial charge in [0.05, 0.1) is 29.0 Å². The van der Waals surface area contributed by atoms with Crippen molar-refractivity contribution in [1.82, 2.24) is 35.1 Å². The van der Waals surface area contributed by atoms with Gasteiger partial charge in [-0.1, -0.05) is 13.3 Å². The molecule has 4 N–H and O–H groups in total. The van der Waals surface area contributed by atoms with Crippen molar-refractivity contribution in [2.75, 3.05) is 5.32 Å². The Labute approximate surface area is 208 Å². The Bertz CT molecular complexity index is 1680. The Morgan fingerprint density at radius 3 is 2.89 bits per heavy atom. The molecule has 1 unspecified atom stereocenters. The van der Waals surface area contributed by atoms with Crippen molar-refractivity contribution in [1.29, 1.82) is 0 Å². The van der Waals surface area contributed by atoms with E-state index in [2.05, 4.69) is 35.5 Å². The molecule has 0 bridgehead atoms. The van der Waals surface area contributed by atoms with Gasteiger partial charge in [0.25, 0.3) is 0 Å². The van der Waals surface area contributed by atoms with Crippen molar-refractivity contribution in [3.63, 3.8) is 0 Å². The van der Waals surface area contributed by atoms with E-state index in [0.717, 1.165) is 17.5 Å². The first kappa shape index (κ1) is 22.3.